The Labute approximate surface area is 186 Å². The molecule has 0 radical (unpaired) electrons. The van der Waals surface area contributed by atoms with Crippen molar-refractivity contribution in [2.24, 2.45) is 17.8 Å². The molecule has 7 heteroatoms. The summed E-state index contributed by atoms with van der Waals surface area (Å²) in [5.74, 6) is 0.851. The van der Waals surface area contributed by atoms with Crippen LogP contribution in [0.3, 0.4) is 0 Å². The molecule has 3 fully saturated rings. The fourth-order valence-electron chi connectivity index (χ4n) is 5.59. The molecule has 168 valence electrons. The van der Waals surface area contributed by atoms with E-state index in [1.54, 1.807) is 43.5 Å². The van der Waals surface area contributed by atoms with Crippen molar-refractivity contribution in [1.29, 1.82) is 0 Å². The van der Waals surface area contributed by atoms with Gasteiger partial charge in [0.05, 0.1) is 12.7 Å². The number of hydrogen-bond acceptors (Lipinski definition) is 4. The van der Waals surface area contributed by atoms with Crippen LogP contribution < -0.4 is 20.1 Å². The van der Waals surface area contributed by atoms with Crippen LogP contribution in [0.1, 0.15) is 41.6 Å². The molecule has 3 aliphatic carbocycles. The number of carbonyl (C=O) groups is 2. The first-order chi connectivity index (χ1) is 15.5. The summed E-state index contributed by atoms with van der Waals surface area (Å²) in [5, 5.41) is 6.11. The summed E-state index contributed by atoms with van der Waals surface area (Å²) in [6, 6.07) is 11.8. The minimum absolute atomic E-state index is 0.00935. The fraction of sp³-hybridized carbons (Fsp3) is 0.440. The SMILES string of the molecule is COc1ccc2c(c1)O[C@]1(C[C@H]3CC[C@@H]1C[C@@H]3C(=O)NCCc1ccccc1F)NC2=O. The monoisotopic (exact) mass is 438 g/mol. The van der Waals surface area contributed by atoms with Crippen molar-refractivity contribution in [2.45, 2.75) is 37.8 Å². The highest BCUT2D eigenvalue weighted by molar-refractivity contribution is 5.98. The lowest BCUT2D eigenvalue weighted by molar-refractivity contribution is -0.146. The van der Waals surface area contributed by atoms with Crippen molar-refractivity contribution in [3.63, 3.8) is 0 Å². The smallest absolute Gasteiger partial charge is 0.258 e. The highest BCUT2D eigenvalue weighted by Gasteiger charge is 2.57. The van der Waals surface area contributed by atoms with E-state index in [2.05, 4.69) is 10.6 Å². The number of rotatable bonds is 5. The molecule has 2 aromatic rings. The second-order valence-electron chi connectivity index (χ2n) is 9.02. The van der Waals surface area contributed by atoms with Gasteiger partial charge in [-0.15, -0.1) is 0 Å². The molecule has 4 aliphatic rings. The summed E-state index contributed by atoms with van der Waals surface area (Å²) in [7, 11) is 1.58. The van der Waals surface area contributed by atoms with E-state index in [-0.39, 0.29) is 35.4 Å². The number of hydrogen-bond donors (Lipinski definition) is 2. The van der Waals surface area contributed by atoms with Gasteiger partial charge < -0.3 is 20.1 Å². The van der Waals surface area contributed by atoms with E-state index in [4.69, 9.17) is 9.47 Å². The Bertz CT molecular complexity index is 1060. The number of ether oxygens (including phenoxy) is 2. The highest BCUT2D eigenvalue weighted by Crippen LogP contribution is 2.52. The van der Waals surface area contributed by atoms with Gasteiger partial charge >= 0.3 is 0 Å². The topological polar surface area (TPSA) is 76.7 Å². The molecule has 2 amide bonds. The van der Waals surface area contributed by atoms with Crippen LogP contribution in [0.25, 0.3) is 0 Å². The normalized spacial score (nSPS) is 27.9. The van der Waals surface area contributed by atoms with Gasteiger partial charge in [-0.25, -0.2) is 4.39 Å². The molecule has 0 unspecified atom stereocenters. The fourth-order valence-corrected chi connectivity index (χ4v) is 5.59. The Morgan fingerprint density at radius 3 is 2.88 bits per heavy atom. The zero-order valence-electron chi connectivity index (χ0n) is 18.0. The quantitative estimate of drug-likeness (QED) is 0.750. The van der Waals surface area contributed by atoms with Crippen LogP contribution in [0, 0.1) is 23.6 Å². The van der Waals surface area contributed by atoms with Gasteiger partial charge in [-0.1, -0.05) is 18.2 Å². The lowest BCUT2D eigenvalue weighted by atomic mass is 9.60. The average Bonchev–Trinajstić information content (AvgIpc) is 2.80. The van der Waals surface area contributed by atoms with Crippen LogP contribution in [-0.4, -0.2) is 31.2 Å². The predicted octanol–water partition coefficient (Wildman–Crippen LogP) is 3.45. The maximum atomic E-state index is 13.8. The molecule has 6 rings (SSSR count). The first-order valence-electron chi connectivity index (χ1n) is 11.2. The van der Waals surface area contributed by atoms with Crippen LogP contribution in [0.2, 0.25) is 0 Å². The lowest BCUT2D eigenvalue weighted by Crippen LogP contribution is -2.67. The second-order valence-corrected chi connectivity index (χ2v) is 9.02. The summed E-state index contributed by atoms with van der Waals surface area (Å²) in [5.41, 5.74) is 0.327. The number of fused-ring (bicyclic) bond motifs is 3. The number of amides is 2. The standard InChI is InChI=1S/C25H27FN2O4/c1-31-18-8-9-19-22(13-18)32-25(28-24(19)30)14-16-6-7-17(25)12-20(16)23(29)27-11-10-15-4-2-3-5-21(15)26/h2-5,8-9,13,16-17,20H,6-7,10-12,14H2,1H3,(H,27,29)(H,28,30)/t16-,17-,20+,25+/m1/s1. The zero-order valence-corrected chi connectivity index (χ0v) is 18.0. The Hall–Kier alpha value is -3.09. The maximum Gasteiger partial charge on any atom is 0.258 e. The Balaban J connectivity index is 1.26. The molecule has 4 atom stereocenters. The summed E-state index contributed by atoms with van der Waals surface area (Å²) in [4.78, 5) is 25.7. The molecular weight excluding hydrogens is 411 g/mol. The maximum absolute atomic E-state index is 13.8. The zero-order chi connectivity index (χ0) is 22.3. The van der Waals surface area contributed by atoms with Gasteiger partial charge in [-0.3, -0.25) is 9.59 Å². The number of methoxy groups -OCH3 is 1. The van der Waals surface area contributed by atoms with Gasteiger partial charge in [-0.05, 0) is 55.4 Å². The third-order valence-corrected chi connectivity index (χ3v) is 7.26. The van der Waals surface area contributed by atoms with Gasteiger partial charge in [0.2, 0.25) is 5.91 Å². The Morgan fingerprint density at radius 2 is 2.12 bits per heavy atom. The molecule has 2 bridgehead atoms. The van der Waals surface area contributed by atoms with Crippen LogP contribution in [-0.2, 0) is 11.2 Å². The molecular formula is C25H27FN2O4. The van der Waals surface area contributed by atoms with E-state index in [9.17, 15) is 14.0 Å². The van der Waals surface area contributed by atoms with Gasteiger partial charge in [0, 0.05) is 30.9 Å². The van der Waals surface area contributed by atoms with Crippen LogP contribution in [0.15, 0.2) is 42.5 Å². The molecule has 1 aliphatic heterocycles. The van der Waals surface area contributed by atoms with Crippen molar-refractivity contribution in [2.75, 3.05) is 13.7 Å². The highest BCUT2D eigenvalue weighted by atomic mass is 19.1. The third-order valence-electron chi connectivity index (χ3n) is 7.26. The molecule has 1 spiro atoms. The molecule has 2 N–H and O–H groups in total. The van der Waals surface area contributed by atoms with E-state index in [0.717, 1.165) is 12.8 Å². The van der Waals surface area contributed by atoms with Gasteiger partial charge in [0.15, 0.2) is 5.72 Å². The predicted molar refractivity (Wildman–Crippen MR) is 116 cm³/mol. The number of carbonyl (C=O) groups excluding carboxylic acids is 2. The van der Waals surface area contributed by atoms with E-state index in [1.165, 1.54) is 6.07 Å². The number of benzene rings is 2. The van der Waals surface area contributed by atoms with Crippen LogP contribution in [0.4, 0.5) is 4.39 Å². The first kappa shape index (κ1) is 20.8. The average molecular weight is 438 g/mol. The van der Waals surface area contributed by atoms with Crippen LogP contribution in [0.5, 0.6) is 11.5 Å². The second kappa shape index (κ2) is 8.11. The molecule has 1 heterocycles. The van der Waals surface area contributed by atoms with Crippen molar-refractivity contribution in [3.05, 3.63) is 59.4 Å². The van der Waals surface area contributed by atoms with Gasteiger partial charge in [0.25, 0.3) is 5.91 Å². The number of halogens is 1. The summed E-state index contributed by atoms with van der Waals surface area (Å²) >= 11 is 0. The molecule has 0 saturated heterocycles. The summed E-state index contributed by atoms with van der Waals surface area (Å²) in [6.07, 6.45) is 3.56. The largest absolute Gasteiger partial charge is 0.497 e. The van der Waals surface area contributed by atoms with Crippen molar-refractivity contribution >= 4 is 11.8 Å². The van der Waals surface area contributed by atoms with Gasteiger partial charge in [-0.2, -0.15) is 0 Å². The molecule has 3 saturated carbocycles. The Kier molecular flexibility index (Phi) is 5.27. The lowest BCUT2D eigenvalue weighted by Gasteiger charge is -2.55. The third kappa shape index (κ3) is 3.59. The number of nitrogens with one attached hydrogen (secondary N) is 2. The van der Waals surface area contributed by atoms with E-state index in [1.807, 2.05) is 0 Å². The van der Waals surface area contributed by atoms with Crippen LogP contribution >= 0.6 is 0 Å². The molecule has 2 aromatic carbocycles. The Morgan fingerprint density at radius 1 is 1.28 bits per heavy atom. The van der Waals surface area contributed by atoms with Crippen molar-refractivity contribution in [1.82, 2.24) is 10.6 Å². The molecule has 32 heavy (non-hydrogen) atoms. The van der Waals surface area contributed by atoms with E-state index < -0.39 is 5.72 Å². The first-order valence-corrected chi connectivity index (χ1v) is 11.2. The van der Waals surface area contributed by atoms with E-state index >= 15 is 0 Å². The van der Waals surface area contributed by atoms with Gasteiger partial charge in [0.1, 0.15) is 17.3 Å². The van der Waals surface area contributed by atoms with Crippen molar-refractivity contribution < 1.29 is 23.5 Å². The van der Waals surface area contributed by atoms with Crippen molar-refractivity contribution in [3.8, 4) is 11.5 Å². The minimum atomic E-state index is -0.774. The summed E-state index contributed by atoms with van der Waals surface area (Å²) in [6.45, 7) is 0.402. The summed E-state index contributed by atoms with van der Waals surface area (Å²) < 4.78 is 25.5. The molecule has 0 aromatic heterocycles. The molecule has 6 nitrogen and oxygen atoms in total. The minimum Gasteiger partial charge on any atom is -0.497 e. The van der Waals surface area contributed by atoms with E-state index in [0.29, 0.717) is 48.4 Å².